The second-order valence-corrected chi connectivity index (χ2v) is 3.77. The third kappa shape index (κ3) is 1.92. The quantitative estimate of drug-likeness (QED) is 0.597. The van der Waals surface area contributed by atoms with E-state index >= 15 is 0 Å². The first-order valence-electron chi connectivity index (χ1n) is 5.22. The lowest BCUT2D eigenvalue weighted by Crippen LogP contribution is -2.22. The molecule has 0 bridgehead atoms. The summed E-state index contributed by atoms with van der Waals surface area (Å²) in [6, 6.07) is 5.49. The van der Waals surface area contributed by atoms with Gasteiger partial charge in [-0.05, 0) is 13.0 Å². The van der Waals surface area contributed by atoms with Crippen molar-refractivity contribution in [3.8, 4) is 0 Å². The summed E-state index contributed by atoms with van der Waals surface area (Å²) >= 11 is 0. The number of fused-ring (bicyclic) bond motifs is 1. The van der Waals surface area contributed by atoms with Crippen LogP contribution < -0.4 is 5.73 Å². The SMILES string of the molecule is NCCC(O)C(O)c1cccc2cn[nH]c12. The van der Waals surface area contributed by atoms with E-state index in [1.807, 2.05) is 12.1 Å². The number of aromatic amines is 1. The minimum Gasteiger partial charge on any atom is -0.390 e. The molecule has 5 N–H and O–H groups in total. The molecule has 2 atom stereocenters. The minimum atomic E-state index is -0.937. The summed E-state index contributed by atoms with van der Waals surface area (Å²) < 4.78 is 0. The molecule has 0 spiro atoms. The Labute approximate surface area is 92.9 Å². The standard InChI is InChI=1S/C11H15N3O2/c12-5-4-9(15)11(16)8-3-1-2-7-6-13-14-10(7)8/h1-3,6,9,11,15-16H,4-5,12H2,(H,13,14). The Morgan fingerprint density at radius 2 is 2.19 bits per heavy atom. The van der Waals surface area contributed by atoms with Crippen LogP contribution in [0.3, 0.4) is 0 Å². The Hall–Kier alpha value is -1.43. The summed E-state index contributed by atoms with van der Waals surface area (Å²) in [6.07, 6.45) is 0.263. The van der Waals surface area contributed by atoms with Gasteiger partial charge in [-0.3, -0.25) is 5.10 Å². The van der Waals surface area contributed by atoms with E-state index in [0.29, 0.717) is 18.5 Å². The van der Waals surface area contributed by atoms with Crippen molar-refractivity contribution in [2.45, 2.75) is 18.6 Å². The normalized spacial score (nSPS) is 15.2. The van der Waals surface area contributed by atoms with Gasteiger partial charge < -0.3 is 15.9 Å². The van der Waals surface area contributed by atoms with Crippen LogP contribution in [0, 0.1) is 0 Å². The van der Waals surface area contributed by atoms with Crippen LogP contribution in [0.25, 0.3) is 10.9 Å². The van der Waals surface area contributed by atoms with Gasteiger partial charge in [0.2, 0.25) is 0 Å². The van der Waals surface area contributed by atoms with Crippen molar-refractivity contribution in [2.24, 2.45) is 5.73 Å². The van der Waals surface area contributed by atoms with Crippen LogP contribution in [0.1, 0.15) is 18.1 Å². The number of nitrogens with two attached hydrogens (primary N) is 1. The molecule has 1 aromatic carbocycles. The monoisotopic (exact) mass is 221 g/mol. The number of aliphatic hydroxyl groups excluding tert-OH is 2. The first kappa shape index (κ1) is 11.1. The third-order valence-corrected chi connectivity index (χ3v) is 2.65. The van der Waals surface area contributed by atoms with Crippen molar-refractivity contribution < 1.29 is 10.2 Å². The molecule has 5 nitrogen and oxygen atoms in total. The number of nitrogens with zero attached hydrogens (tertiary/aromatic N) is 1. The number of aliphatic hydroxyl groups is 2. The number of hydrogen-bond donors (Lipinski definition) is 4. The van der Waals surface area contributed by atoms with Crippen LogP contribution in [0.4, 0.5) is 0 Å². The molecule has 0 fully saturated rings. The fourth-order valence-corrected chi connectivity index (χ4v) is 1.77. The van der Waals surface area contributed by atoms with Crippen LogP contribution in [0.15, 0.2) is 24.4 Å². The van der Waals surface area contributed by atoms with Gasteiger partial charge in [0.05, 0.1) is 17.8 Å². The van der Waals surface area contributed by atoms with Crippen molar-refractivity contribution in [1.29, 1.82) is 0 Å². The highest BCUT2D eigenvalue weighted by Crippen LogP contribution is 2.25. The molecule has 0 amide bonds. The van der Waals surface area contributed by atoms with Crippen molar-refractivity contribution in [3.63, 3.8) is 0 Å². The van der Waals surface area contributed by atoms with E-state index in [4.69, 9.17) is 5.73 Å². The third-order valence-electron chi connectivity index (χ3n) is 2.65. The van der Waals surface area contributed by atoms with Gasteiger partial charge in [0.15, 0.2) is 0 Å². The summed E-state index contributed by atoms with van der Waals surface area (Å²) in [5.41, 5.74) is 6.75. The van der Waals surface area contributed by atoms with E-state index in [0.717, 1.165) is 10.9 Å². The maximum Gasteiger partial charge on any atom is 0.107 e. The van der Waals surface area contributed by atoms with Gasteiger partial charge in [-0.2, -0.15) is 5.10 Å². The van der Waals surface area contributed by atoms with Crippen molar-refractivity contribution >= 4 is 10.9 Å². The zero-order valence-electron chi connectivity index (χ0n) is 8.80. The molecule has 2 aromatic rings. The number of H-pyrrole nitrogens is 1. The van der Waals surface area contributed by atoms with E-state index < -0.39 is 12.2 Å². The summed E-state index contributed by atoms with van der Waals surface area (Å²) in [4.78, 5) is 0. The lowest BCUT2D eigenvalue weighted by Gasteiger charge is -2.17. The summed E-state index contributed by atoms with van der Waals surface area (Å²) in [7, 11) is 0. The Balaban J connectivity index is 2.35. The molecular weight excluding hydrogens is 206 g/mol. The Bertz CT molecular complexity index is 469. The van der Waals surface area contributed by atoms with Crippen molar-refractivity contribution in [2.75, 3.05) is 6.54 Å². The molecule has 5 heteroatoms. The molecule has 16 heavy (non-hydrogen) atoms. The molecule has 0 saturated carbocycles. The van der Waals surface area contributed by atoms with E-state index in [1.165, 1.54) is 0 Å². The number of aromatic nitrogens is 2. The van der Waals surface area contributed by atoms with Gasteiger partial charge in [0, 0.05) is 10.9 Å². The molecule has 2 rings (SSSR count). The molecule has 2 unspecified atom stereocenters. The maximum absolute atomic E-state index is 9.98. The second kappa shape index (κ2) is 4.61. The molecule has 0 aliphatic carbocycles. The van der Waals surface area contributed by atoms with E-state index in [1.54, 1.807) is 12.3 Å². The first-order valence-corrected chi connectivity index (χ1v) is 5.22. The molecule has 0 saturated heterocycles. The van der Waals surface area contributed by atoms with Crippen LogP contribution in [-0.2, 0) is 0 Å². The maximum atomic E-state index is 9.98. The fourth-order valence-electron chi connectivity index (χ4n) is 1.77. The zero-order chi connectivity index (χ0) is 11.5. The van der Waals surface area contributed by atoms with E-state index in [9.17, 15) is 10.2 Å². The Morgan fingerprint density at radius 1 is 1.38 bits per heavy atom. The van der Waals surface area contributed by atoms with Gasteiger partial charge in [-0.1, -0.05) is 18.2 Å². The predicted octanol–water partition coefficient (Wildman–Crippen LogP) is 0.306. The number of para-hydroxylation sites is 1. The lowest BCUT2D eigenvalue weighted by molar-refractivity contribution is 0.0158. The molecule has 0 radical (unpaired) electrons. The number of benzene rings is 1. The van der Waals surface area contributed by atoms with Gasteiger partial charge in [-0.25, -0.2) is 0 Å². The topological polar surface area (TPSA) is 95.2 Å². The highest BCUT2D eigenvalue weighted by molar-refractivity contribution is 5.81. The number of hydrogen-bond acceptors (Lipinski definition) is 4. The summed E-state index contributed by atoms with van der Waals surface area (Å²) in [6.45, 7) is 0.344. The Kier molecular flexibility index (Phi) is 3.19. The van der Waals surface area contributed by atoms with Crippen LogP contribution in [0.5, 0.6) is 0 Å². The lowest BCUT2D eigenvalue weighted by atomic mass is 10.0. The average Bonchev–Trinajstić information content (AvgIpc) is 2.76. The predicted molar refractivity (Wildman–Crippen MR) is 60.7 cm³/mol. The van der Waals surface area contributed by atoms with Gasteiger partial charge >= 0.3 is 0 Å². The first-order chi connectivity index (χ1) is 7.74. The molecular formula is C11H15N3O2. The van der Waals surface area contributed by atoms with Crippen LogP contribution in [-0.4, -0.2) is 33.1 Å². The van der Waals surface area contributed by atoms with Gasteiger partial charge in [0.1, 0.15) is 6.10 Å². The van der Waals surface area contributed by atoms with E-state index in [2.05, 4.69) is 10.2 Å². The largest absolute Gasteiger partial charge is 0.390 e. The van der Waals surface area contributed by atoms with Crippen molar-refractivity contribution in [1.82, 2.24) is 10.2 Å². The molecule has 86 valence electrons. The van der Waals surface area contributed by atoms with Crippen molar-refractivity contribution in [3.05, 3.63) is 30.0 Å². The Morgan fingerprint density at radius 3 is 2.94 bits per heavy atom. The van der Waals surface area contributed by atoms with E-state index in [-0.39, 0.29) is 0 Å². The van der Waals surface area contributed by atoms with Crippen LogP contribution >= 0.6 is 0 Å². The minimum absolute atomic E-state index is 0.344. The number of nitrogens with one attached hydrogen (secondary N) is 1. The summed E-state index contributed by atoms with van der Waals surface area (Å²) in [5, 5.41) is 27.3. The smallest absolute Gasteiger partial charge is 0.107 e. The zero-order valence-corrected chi connectivity index (χ0v) is 8.80. The second-order valence-electron chi connectivity index (χ2n) is 3.77. The van der Waals surface area contributed by atoms with Gasteiger partial charge in [-0.15, -0.1) is 0 Å². The van der Waals surface area contributed by atoms with Crippen LogP contribution in [0.2, 0.25) is 0 Å². The molecule has 0 aliphatic rings. The molecule has 1 aromatic heterocycles. The molecule has 0 aliphatic heterocycles. The number of rotatable bonds is 4. The highest BCUT2D eigenvalue weighted by Gasteiger charge is 2.20. The fraction of sp³-hybridized carbons (Fsp3) is 0.364. The highest BCUT2D eigenvalue weighted by atomic mass is 16.3. The van der Waals surface area contributed by atoms with Gasteiger partial charge in [0.25, 0.3) is 0 Å². The average molecular weight is 221 g/mol. The summed E-state index contributed by atoms with van der Waals surface area (Å²) in [5.74, 6) is 0. The molecule has 1 heterocycles.